The van der Waals surface area contributed by atoms with E-state index in [2.05, 4.69) is 25.8 Å². The first-order valence-electron chi connectivity index (χ1n) is 6.03. The quantitative estimate of drug-likeness (QED) is 0.567. The second-order valence-electron chi connectivity index (χ2n) is 4.30. The topological polar surface area (TPSA) is 93.7 Å². The summed E-state index contributed by atoms with van der Waals surface area (Å²) in [5, 5.41) is 6.81. The van der Waals surface area contributed by atoms with Crippen LogP contribution in [0.2, 0.25) is 0 Å². The Balaban J connectivity index is 2.05. The molecule has 0 aliphatic carbocycles. The fourth-order valence-electron chi connectivity index (χ4n) is 1.67. The van der Waals surface area contributed by atoms with Crippen LogP contribution in [-0.4, -0.2) is 26.3 Å². The van der Waals surface area contributed by atoms with Gasteiger partial charge in [-0.3, -0.25) is 4.68 Å². The highest BCUT2D eigenvalue weighted by Crippen LogP contribution is 2.28. The molecule has 0 fully saturated rings. The minimum atomic E-state index is -4.63. The van der Waals surface area contributed by atoms with Crippen molar-refractivity contribution in [1.29, 1.82) is 0 Å². The van der Waals surface area contributed by atoms with Gasteiger partial charge in [-0.05, 0) is 12.0 Å². The molecule has 0 unspecified atom stereocenters. The van der Waals surface area contributed by atoms with Gasteiger partial charge >= 0.3 is 6.18 Å². The van der Waals surface area contributed by atoms with Crippen LogP contribution in [0.5, 0.6) is 0 Å². The molecular formula is C11H14F3N7. The van der Waals surface area contributed by atoms with Gasteiger partial charge in [0.15, 0.2) is 0 Å². The Hall–Kier alpha value is -2.36. The fraction of sp³-hybridized carbons (Fsp3) is 0.364. The van der Waals surface area contributed by atoms with Crippen LogP contribution < -0.4 is 16.6 Å². The van der Waals surface area contributed by atoms with Gasteiger partial charge in [-0.25, -0.2) is 15.8 Å². The van der Waals surface area contributed by atoms with E-state index >= 15 is 0 Å². The Kier molecular flexibility index (Phi) is 4.26. The molecule has 0 bridgehead atoms. The average molecular weight is 301 g/mol. The number of hydrazine groups is 1. The monoisotopic (exact) mass is 301 g/mol. The lowest BCUT2D eigenvalue weighted by atomic mass is 10.2. The van der Waals surface area contributed by atoms with Gasteiger partial charge in [0.25, 0.3) is 0 Å². The summed E-state index contributed by atoms with van der Waals surface area (Å²) in [5.41, 5.74) is 3.05. The Labute approximate surface area is 118 Å². The van der Waals surface area contributed by atoms with E-state index in [0.29, 0.717) is 13.0 Å². The number of alkyl halides is 3. The highest BCUT2D eigenvalue weighted by Gasteiger charge is 2.35. The molecule has 2 rings (SSSR count). The first kappa shape index (κ1) is 15.0. The van der Waals surface area contributed by atoms with Gasteiger partial charge in [0, 0.05) is 25.9 Å². The Morgan fingerprint density at radius 2 is 2.00 bits per heavy atom. The van der Waals surface area contributed by atoms with Gasteiger partial charge in [0.2, 0.25) is 5.82 Å². The van der Waals surface area contributed by atoms with Gasteiger partial charge in [0.05, 0.1) is 6.20 Å². The van der Waals surface area contributed by atoms with Crippen molar-refractivity contribution in [1.82, 2.24) is 19.7 Å². The third-order valence-corrected chi connectivity index (χ3v) is 2.61. The number of nitrogens with zero attached hydrogens (tertiary/aromatic N) is 4. The molecule has 0 saturated carbocycles. The van der Waals surface area contributed by atoms with Crippen molar-refractivity contribution in [3.8, 4) is 0 Å². The van der Waals surface area contributed by atoms with Crippen molar-refractivity contribution in [2.24, 2.45) is 12.9 Å². The van der Waals surface area contributed by atoms with Crippen LogP contribution >= 0.6 is 0 Å². The Bertz CT molecular complexity index is 608. The molecule has 2 aromatic rings. The lowest BCUT2D eigenvalue weighted by Gasteiger charge is -2.11. The molecule has 21 heavy (non-hydrogen) atoms. The van der Waals surface area contributed by atoms with Crippen LogP contribution in [0.3, 0.4) is 0 Å². The molecule has 0 aliphatic rings. The summed E-state index contributed by atoms with van der Waals surface area (Å²) >= 11 is 0. The second-order valence-corrected chi connectivity index (χ2v) is 4.30. The van der Waals surface area contributed by atoms with Crippen molar-refractivity contribution >= 4 is 11.6 Å². The zero-order valence-corrected chi connectivity index (χ0v) is 11.1. The summed E-state index contributed by atoms with van der Waals surface area (Å²) < 4.78 is 39.6. The first-order valence-corrected chi connectivity index (χ1v) is 6.03. The number of nitrogens with one attached hydrogen (secondary N) is 2. The van der Waals surface area contributed by atoms with E-state index in [1.54, 1.807) is 17.9 Å². The predicted octanol–water partition coefficient (Wildman–Crippen LogP) is 1.17. The van der Waals surface area contributed by atoms with Gasteiger partial charge in [-0.1, -0.05) is 0 Å². The van der Waals surface area contributed by atoms with Crippen molar-refractivity contribution in [2.75, 3.05) is 17.3 Å². The molecule has 0 amide bonds. The van der Waals surface area contributed by atoms with E-state index in [4.69, 9.17) is 5.84 Å². The van der Waals surface area contributed by atoms with E-state index in [9.17, 15) is 13.2 Å². The SMILES string of the molecule is Cn1cc(CCNc2cc(NN)nc(C(F)(F)F)n2)cn1. The lowest BCUT2D eigenvalue weighted by molar-refractivity contribution is -0.144. The molecular weight excluding hydrogens is 287 g/mol. The van der Waals surface area contributed by atoms with Gasteiger partial charge in [0.1, 0.15) is 11.6 Å². The Morgan fingerprint density at radius 1 is 1.29 bits per heavy atom. The summed E-state index contributed by atoms with van der Waals surface area (Å²) in [6.07, 6.45) is -0.511. The van der Waals surface area contributed by atoms with Crippen molar-refractivity contribution in [3.63, 3.8) is 0 Å². The molecule has 0 saturated heterocycles. The van der Waals surface area contributed by atoms with Crippen molar-refractivity contribution in [3.05, 3.63) is 29.8 Å². The molecule has 7 nitrogen and oxygen atoms in total. The molecule has 0 aliphatic heterocycles. The maximum Gasteiger partial charge on any atom is 0.451 e. The minimum Gasteiger partial charge on any atom is -0.370 e. The van der Waals surface area contributed by atoms with Crippen molar-refractivity contribution < 1.29 is 13.2 Å². The standard InChI is InChI=1S/C11H14F3N7/c1-21-6-7(5-17-21)2-3-16-8-4-9(20-15)19-10(18-8)11(12,13)14/h4-6H,2-3,15H2,1H3,(H2,16,18,19,20). The summed E-state index contributed by atoms with van der Waals surface area (Å²) in [6, 6.07) is 1.30. The second kappa shape index (κ2) is 5.95. The Morgan fingerprint density at radius 3 is 2.57 bits per heavy atom. The maximum atomic E-state index is 12.6. The van der Waals surface area contributed by atoms with E-state index in [0.717, 1.165) is 5.56 Å². The molecule has 0 atom stereocenters. The number of hydrogen-bond acceptors (Lipinski definition) is 6. The molecule has 0 radical (unpaired) electrons. The van der Waals surface area contributed by atoms with Gasteiger partial charge in [-0.2, -0.15) is 18.3 Å². The van der Waals surface area contributed by atoms with Gasteiger partial charge in [-0.15, -0.1) is 0 Å². The van der Waals surface area contributed by atoms with Crippen LogP contribution in [0.1, 0.15) is 11.4 Å². The normalized spacial score (nSPS) is 11.5. The third kappa shape index (κ3) is 4.05. The molecule has 2 heterocycles. The number of hydrogen-bond donors (Lipinski definition) is 3. The van der Waals surface area contributed by atoms with E-state index in [-0.39, 0.29) is 11.6 Å². The molecule has 2 aromatic heterocycles. The first-order chi connectivity index (χ1) is 9.88. The lowest BCUT2D eigenvalue weighted by Crippen LogP contribution is -2.17. The number of aromatic nitrogens is 4. The summed E-state index contributed by atoms with van der Waals surface area (Å²) in [6.45, 7) is 0.407. The van der Waals surface area contributed by atoms with Crippen LogP contribution in [-0.2, 0) is 19.6 Å². The molecule has 4 N–H and O–H groups in total. The zero-order valence-electron chi connectivity index (χ0n) is 11.1. The van der Waals surface area contributed by atoms with E-state index in [1.165, 1.54) is 6.07 Å². The van der Waals surface area contributed by atoms with Crippen LogP contribution in [0.4, 0.5) is 24.8 Å². The summed E-state index contributed by atoms with van der Waals surface area (Å²) in [5.74, 6) is 3.80. The number of anilines is 2. The number of aryl methyl sites for hydroxylation is 1. The van der Waals surface area contributed by atoms with E-state index in [1.807, 2.05) is 6.20 Å². The smallest absolute Gasteiger partial charge is 0.370 e. The number of nitrogen functional groups attached to an aromatic ring is 1. The maximum absolute atomic E-state index is 12.6. The largest absolute Gasteiger partial charge is 0.451 e. The van der Waals surface area contributed by atoms with Crippen LogP contribution in [0.15, 0.2) is 18.5 Å². The van der Waals surface area contributed by atoms with Gasteiger partial charge < -0.3 is 10.7 Å². The fourth-order valence-corrected chi connectivity index (χ4v) is 1.67. The minimum absolute atomic E-state index is 0.0502. The third-order valence-electron chi connectivity index (χ3n) is 2.61. The summed E-state index contributed by atoms with van der Waals surface area (Å²) in [7, 11) is 1.79. The summed E-state index contributed by atoms with van der Waals surface area (Å²) in [4.78, 5) is 6.69. The number of rotatable bonds is 5. The van der Waals surface area contributed by atoms with Crippen molar-refractivity contribution in [2.45, 2.75) is 12.6 Å². The van der Waals surface area contributed by atoms with Crippen LogP contribution in [0, 0.1) is 0 Å². The average Bonchev–Trinajstić information content (AvgIpc) is 2.83. The van der Waals surface area contributed by atoms with E-state index < -0.39 is 12.0 Å². The highest BCUT2D eigenvalue weighted by atomic mass is 19.4. The highest BCUT2D eigenvalue weighted by molar-refractivity contribution is 5.47. The molecule has 114 valence electrons. The number of nitrogens with two attached hydrogens (primary N) is 1. The predicted molar refractivity (Wildman–Crippen MR) is 70.2 cm³/mol. The zero-order chi connectivity index (χ0) is 15.5. The molecule has 0 aromatic carbocycles. The number of halogens is 3. The molecule has 0 spiro atoms. The van der Waals surface area contributed by atoms with Crippen LogP contribution in [0.25, 0.3) is 0 Å². The molecule has 10 heteroatoms.